The number of anilines is 2. The number of sulfonamides is 1. The lowest BCUT2D eigenvalue weighted by molar-refractivity contribution is 0.0785. The van der Waals surface area contributed by atoms with Crippen LogP contribution in [0.4, 0.5) is 11.4 Å². The van der Waals surface area contributed by atoms with E-state index in [9.17, 15) is 13.2 Å². The third kappa shape index (κ3) is 4.10. The number of para-hydroxylation sites is 1. The highest BCUT2D eigenvalue weighted by Gasteiger charge is 2.28. The van der Waals surface area contributed by atoms with E-state index in [1.807, 2.05) is 19.2 Å². The third-order valence-corrected chi connectivity index (χ3v) is 7.56. The molecule has 0 N–H and O–H groups in total. The van der Waals surface area contributed by atoms with E-state index in [0.29, 0.717) is 30.8 Å². The van der Waals surface area contributed by atoms with Crippen LogP contribution in [0, 0.1) is 0 Å². The van der Waals surface area contributed by atoms with Crippen molar-refractivity contribution in [1.29, 1.82) is 0 Å². The Morgan fingerprint density at radius 2 is 1.66 bits per heavy atom. The van der Waals surface area contributed by atoms with Crippen molar-refractivity contribution in [3.05, 3.63) is 59.7 Å². The fraction of sp³-hybridized carbons (Fsp3) is 0.409. The Balaban J connectivity index is 1.47. The molecule has 0 radical (unpaired) electrons. The van der Waals surface area contributed by atoms with E-state index in [1.54, 1.807) is 29.2 Å². The van der Waals surface area contributed by atoms with Crippen LogP contribution in [-0.4, -0.2) is 51.7 Å². The second-order valence-electron chi connectivity index (χ2n) is 7.77. The summed E-state index contributed by atoms with van der Waals surface area (Å²) in [6.07, 6.45) is 3.06. The molecule has 2 fully saturated rings. The summed E-state index contributed by atoms with van der Waals surface area (Å²) in [5, 5.41) is 0. The molecule has 1 amide bonds. The summed E-state index contributed by atoms with van der Waals surface area (Å²) < 4.78 is 25.6. The summed E-state index contributed by atoms with van der Waals surface area (Å²) in [6, 6.07) is 15.2. The Hall–Kier alpha value is -2.54. The van der Waals surface area contributed by atoms with Crippen LogP contribution in [-0.2, 0) is 16.6 Å². The number of amides is 1. The normalized spacial score (nSPS) is 18.2. The van der Waals surface area contributed by atoms with Gasteiger partial charge < -0.3 is 9.80 Å². The fourth-order valence-electron chi connectivity index (χ4n) is 4.16. The maximum Gasteiger partial charge on any atom is 0.253 e. The molecular formula is C22H27N3O3S. The average Bonchev–Trinajstić information content (AvgIpc) is 3.37. The summed E-state index contributed by atoms with van der Waals surface area (Å²) in [5.74, 6) is 0.115. The molecule has 2 heterocycles. The number of carbonyl (C=O) groups is 1. The lowest BCUT2D eigenvalue weighted by Crippen LogP contribution is -2.28. The van der Waals surface area contributed by atoms with Crippen molar-refractivity contribution in [3.8, 4) is 0 Å². The molecule has 154 valence electrons. The van der Waals surface area contributed by atoms with Crippen LogP contribution in [0.2, 0.25) is 0 Å². The number of hydrogen-bond acceptors (Lipinski definition) is 4. The number of benzene rings is 2. The standard InChI is InChI=1S/C22H27N3O3S/c1-23(17-19-7-2-3-8-21(19)24-13-4-5-14-24)22(26)18-9-11-20(12-10-18)25-15-6-16-29(25,27)28/h2-3,7-12H,4-6,13-17H2,1H3. The highest BCUT2D eigenvalue weighted by molar-refractivity contribution is 7.93. The average molecular weight is 414 g/mol. The molecule has 0 atom stereocenters. The van der Waals surface area contributed by atoms with E-state index < -0.39 is 10.0 Å². The SMILES string of the molecule is CN(Cc1ccccc1N1CCCC1)C(=O)c1ccc(N2CCCS2(=O)=O)cc1. The van der Waals surface area contributed by atoms with Gasteiger partial charge in [0, 0.05) is 44.5 Å². The Bertz CT molecular complexity index is 983. The maximum atomic E-state index is 12.9. The van der Waals surface area contributed by atoms with Crippen molar-refractivity contribution in [1.82, 2.24) is 4.90 Å². The summed E-state index contributed by atoms with van der Waals surface area (Å²) in [6.45, 7) is 3.17. The van der Waals surface area contributed by atoms with Crippen LogP contribution in [0.25, 0.3) is 0 Å². The quantitative estimate of drug-likeness (QED) is 0.756. The van der Waals surface area contributed by atoms with Gasteiger partial charge in [-0.15, -0.1) is 0 Å². The van der Waals surface area contributed by atoms with Crippen LogP contribution in [0.15, 0.2) is 48.5 Å². The van der Waals surface area contributed by atoms with Crippen molar-refractivity contribution < 1.29 is 13.2 Å². The van der Waals surface area contributed by atoms with Gasteiger partial charge in [0.15, 0.2) is 0 Å². The molecule has 0 spiro atoms. The van der Waals surface area contributed by atoms with Crippen molar-refractivity contribution in [3.63, 3.8) is 0 Å². The minimum Gasteiger partial charge on any atom is -0.371 e. The van der Waals surface area contributed by atoms with Crippen LogP contribution in [0.3, 0.4) is 0 Å². The minimum atomic E-state index is -3.21. The molecule has 2 aromatic carbocycles. The Morgan fingerprint density at radius 1 is 0.966 bits per heavy atom. The first-order valence-corrected chi connectivity index (χ1v) is 11.8. The van der Waals surface area contributed by atoms with Gasteiger partial charge >= 0.3 is 0 Å². The highest BCUT2D eigenvalue weighted by atomic mass is 32.2. The molecular weight excluding hydrogens is 386 g/mol. The van der Waals surface area contributed by atoms with Crippen molar-refractivity contribution >= 4 is 27.3 Å². The zero-order valence-electron chi connectivity index (χ0n) is 16.8. The predicted octanol–water partition coefficient (Wildman–Crippen LogP) is 3.10. The maximum absolute atomic E-state index is 12.9. The molecule has 0 bridgehead atoms. The number of carbonyl (C=O) groups excluding carboxylic acids is 1. The van der Waals surface area contributed by atoms with E-state index in [4.69, 9.17) is 0 Å². The zero-order valence-corrected chi connectivity index (χ0v) is 17.6. The molecule has 0 unspecified atom stereocenters. The van der Waals surface area contributed by atoms with Crippen LogP contribution >= 0.6 is 0 Å². The van der Waals surface area contributed by atoms with Gasteiger partial charge in [-0.1, -0.05) is 18.2 Å². The third-order valence-electron chi connectivity index (χ3n) is 5.69. The van der Waals surface area contributed by atoms with E-state index in [-0.39, 0.29) is 11.7 Å². The number of nitrogens with zero attached hydrogens (tertiary/aromatic N) is 3. The smallest absolute Gasteiger partial charge is 0.253 e. The highest BCUT2D eigenvalue weighted by Crippen LogP contribution is 2.27. The van der Waals surface area contributed by atoms with E-state index in [0.717, 1.165) is 18.7 Å². The summed E-state index contributed by atoms with van der Waals surface area (Å²) in [7, 11) is -1.40. The predicted molar refractivity (Wildman–Crippen MR) is 116 cm³/mol. The molecule has 7 heteroatoms. The van der Waals surface area contributed by atoms with Gasteiger partial charge in [0.05, 0.1) is 11.4 Å². The van der Waals surface area contributed by atoms with Crippen LogP contribution in [0.5, 0.6) is 0 Å². The van der Waals surface area contributed by atoms with Crippen molar-refractivity contribution in [2.24, 2.45) is 0 Å². The molecule has 2 saturated heterocycles. The largest absolute Gasteiger partial charge is 0.371 e. The van der Waals surface area contributed by atoms with Gasteiger partial charge in [-0.2, -0.15) is 0 Å². The zero-order chi connectivity index (χ0) is 20.4. The molecule has 29 heavy (non-hydrogen) atoms. The molecule has 0 aliphatic carbocycles. The Morgan fingerprint density at radius 3 is 2.31 bits per heavy atom. The first-order chi connectivity index (χ1) is 14.0. The lowest BCUT2D eigenvalue weighted by Gasteiger charge is -2.24. The number of rotatable bonds is 5. The Kier molecular flexibility index (Phi) is 5.50. The van der Waals surface area contributed by atoms with Gasteiger partial charge in [-0.05, 0) is 55.2 Å². The van der Waals surface area contributed by atoms with Crippen molar-refractivity contribution in [2.45, 2.75) is 25.8 Å². The fourth-order valence-corrected chi connectivity index (χ4v) is 5.72. The van der Waals surface area contributed by atoms with Gasteiger partial charge in [-0.3, -0.25) is 9.10 Å². The van der Waals surface area contributed by atoms with Gasteiger partial charge in [-0.25, -0.2) is 8.42 Å². The Labute approximate surface area is 172 Å². The van der Waals surface area contributed by atoms with Crippen LogP contribution < -0.4 is 9.21 Å². The van der Waals surface area contributed by atoms with Gasteiger partial charge in [0.2, 0.25) is 10.0 Å². The first kappa shape index (κ1) is 19.8. The first-order valence-electron chi connectivity index (χ1n) is 10.1. The molecule has 4 rings (SSSR count). The topological polar surface area (TPSA) is 60.9 Å². The molecule has 2 aliphatic rings. The van der Waals surface area contributed by atoms with Crippen LogP contribution in [0.1, 0.15) is 35.2 Å². The number of hydrogen-bond donors (Lipinski definition) is 0. The minimum absolute atomic E-state index is 0.0722. The van der Waals surface area contributed by atoms with E-state index in [1.165, 1.54) is 22.8 Å². The molecule has 0 aromatic heterocycles. The lowest BCUT2D eigenvalue weighted by atomic mass is 10.1. The molecule has 2 aliphatic heterocycles. The monoisotopic (exact) mass is 413 g/mol. The summed E-state index contributed by atoms with van der Waals surface area (Å²) in [4.78, 5) is 17.0. The molecule has 0 saturated carbocycles. The van der Waals surface area contributed by atoms with Gasteiger partial charge in [0.1, 0.15) is 0 Å². The van der Waals surface area contributed by atoms with Crippen molar-refractivity contribution in [2.75, 3.05) is 41.6 Å². The van der Waals surface area contributed by atoms with Gasteiger partial charge in [0.25, 0.3) is 5.91 Å². The van der Waals surface area contributed by atoms with E-state index in [2.05, 4.69) is 17.0 Å². The van der Waals surface area contributed by atoms with E-state index >= 15 is 0 Å². The molecule has 6 nitrogen and oxygen atoms in total. The summed E-state index contributed by atoms with van der Waals surface area (Å²) in [5.41, 5.74) is 3.54. The summed E-state index contributed by atoms with van der Waals surface area (Å²) >= 11 is 0. The second kappa shape index (κ2) is 8.06. The molecule has 2 aromatic rings. The second-order valence-corrected chi connectivity index (χ2v) is 9.79.